The van der Waals surface area contributed by atoms with Gasteiger partial charge >= 0.3 is 0 Å². The zero-order valence-corrected chi connectivity index (χ0v) is 14.3. The number of carbonyl (C=O) groups is 2. The number of hydrogen-bond donors (Lipinski definition) is 2. The molecule has 0 saturated carbocycles. The Balaban J connectivity index is 1.35. The van der Waals surface area contributed by atoms with Crippen LogP contribution in [0.1, 0.15) is 5.56 Å². The molecule has 0 spiro atoms. The Morgan fingerprint density at radius 1 is 0.960 bits per heavy atom. The van der Waals surface area contributed by atoms with Crippen molar-refractivity contribution in [3.05, 3.63) is 54.1 Å². The van der Waals surface area contributed by atoms with Crippen LogP contribution in [0.3, 0.4) is 0 Å². The summed E-state index contributed by atoms with van der Waals surface area (Å²) in [6.07, 6.45) is 0. The van der Waals surface area contributed by atoms with E-state index in [0.29, 0.717) is 12.3 Å². The number of thioether (sulfide) groups is 1. The molecule has 0 unspecified atom stereocenters. The number of fused-ring (bicyclic) bond motifs is 1. The summed E-state index contributed by atoms with van der Waals surface area (Å²) < 4.78 is 10.5. The van der Waals surface area contributed by atoms with E-state index >= 15 is 0 Å². The van der Waals surface area contributed by atoms with Crippen molar-refractivity contribution in [3.63, 3.8) is 0 Å². The quantitative estimate of drug-likeness (QED) is 0.795. The lowest BCUT2D eigenvalue weighted by atomic mass is 10.2. The van der Waals surface area contributed by atoms with E-state index < -0.39 is 0 Å². The van der Waals surface area contributed by atoms with Gasteiger partial charge in [-0.2, -0.15) is 0 Å². The minimum absolute atomic E-state index is 0.116. The second kappa shape index (κ2) is 8.43. The van der Waals surface area contributed by atoms with Crippen LogP contribution in [-0.2, 0) is 16.1 Å². The highest BCUT2D eigenvalue weighted by atomic mass is 32.2. The Bertz CT molecular complexity index is 752. The summed E-state index contributed by atoms with van der Waals surface area (Å²) in [5.74, 6) is 1.63. The number of ether oxygens (including phenoxy) is 2. The van der Waals surface area contributed by atoms with E-state index in [-0.39, 0.29) is 30.1 Å². The predicted octanol–water partition coefficient (Wildman–Crippen LogP) is 2.40. The van der Waals surface area contributed by atoms with Crippen LogP contribution >= 0.6 is 11.8 Å². The van der Waals surface area contributed by atoms with E-state index in [1.54, 1.807) is 0 Å². The van der Waals surface area contributed by atoms with Gasteiger partial charge in [0.1, 0.15) is 0 Å². The van der Waals surface area contributed by atoms with E-state index in [2.05, 4.69) is 10.6 Å². The van der Waals surface area contributed by atoms with Gasteiger partial charge in [0.2, 0.25) is 18.6 Å². The molecule has 25 heavy (non-hydrogen) atoms. The lowest BCUT2D eigenvalue weighted by molar-refractivity contribution is -0.118. The maximum absolute atomic E-state index is 11.9. The molecule has 0 aromatic heterocycles. The summed E-state index contributed by atoms with van der Waals surface area (Å²) >= 11 is 1.28. The molecule has 3 rings (SSSR count). The van der Waals surface area contributed by atoms with Crippen LogP contribution < -0.4 is 20.1 Å². The normalized spacial score (nSPS) is 11.8. The van der Waals surface area contributed by atoms with Crippen LogP contribution in [0.25, 0.3) is 0 Å². The number of amides is 2. The third-order valence-corrected chi connectivity index (χ3v) is 4.38. The van der Waals surface area contributed by atoms with Crippen LogP contribution in [0.2, 0.25) is 0 Å². The lowest BCUT2D eigenvalue weighted by Crippen LogP contribution is -2.25. The fraction of sp³-hybridized carbons (Fsp3) is 0.222. The van der Waals surface area contributed by atoms with Crippen molar-refractivity contribution in [1.29, 1.82) is 0 Å². The van der Waals surface area contributed by atoms with Gasteiger partial charge in [-0.05, 0) is 29.8 Å². The van der Waals surface area contributed by atoms with Gasteiger partial charge in [0.05, 0.1) is 11.5 Å². The maximum Gasteiger partial charge on any atom is 0.234 e. The number of rotatable bonds is 7. The second-order valence-electron chi connectivity index (χ2n) is 5.37. The van der Waals surface area contributed by atoms with Gasteiger partial charge in [-0.1, -0.05) is 24.3 Å². The third kappa shape index (κ3) is 5.15. The maximum atomic E-state index is 11.9. The van der Waals surface area contributed by atoms with Gasteiger partial charge in [0.15, 0.2) is 11.5 Å². The molecule has 1 heterocycles. The molecule has 0 aliphatic carbocycles. The molecule has 0 fully saturated rings. The highest BCUT2D eigenvalue weighted by Crippen LogP contribution is 2.32. The Kier molecular flexibility index (Phi) is 5.79. The van der Waals surface area contributed by atoms with Crippen molar-refractivity contribution in [1.82, 2.24) is 5.32 Å². The standard InChI is InChI=1S/C18H18N2O4S/c21-17(10-25-11-18(22)20-14-4-2-1-3-5-14)19-9-13-6-7-15-16(8-13)24-12-23-15/h1-8H,9-12H2,(H,19,21)(H,20,22). The van der Waals surface area contributed by atoms with Gasteiger partial charge in [0.25, 0.3) is 0 Å². The first kappa shape index (κ1) is 17.2. The first-order chi connectivity index (χ1) is 12.2. The number of para-hydroxylation sites is 1. The molecule has 2 amide bonds. The van der Waals surface area contributed by atoms with E-state index in [9.17, 15) is 9.59 Å². The van der Waals surface area contributed by atoms with Gasteiger partial charge in [-0.3, -0.25) is 9.59 Å². The molecule has 0 radical (unpaired) electrons. The van der Waals surface area contributed by atoms with Crippen LogP contribution in [-0.4, -0.2) is 30.1 Å². The Labute approximate surface area is 149 Å². The molecule has 0 saturated heterocycles. The summed E-state index contributed by atoms with van der Waals surface area (Å²) in [4.78, 5) is 23.7. The fourth-order valence-electron chi connectivity index (χ4n) is 2.26. The Morgan fingerprint density at radius 2 is 1.72 bits per heavy atom. The van der Waals surface area contributed by atoms with Crippen molar-refractivity contribution in [2.45, 2.75) is 6.54 Å². The SMILES string of the molecule is O=C(CSCC(=O)Nc1ccccc1)NCc1ccc2c(c1)OCO2. The number of nitrogens with one attached hydrogen (secondary N) is 2. The zero-order chi connectivity index (χ0) is 17.5. The average Bonchev–Trinajstić information content (AvgIpc) is 3.08. The smallest absolute Gasteiger partial charge is 0.234 e. The summed E-state index contributed by atoms with van der Waals surface area (Å²) in [7, 11) is 0. The summed E-state index contributed by atoms with van der Waals surface area (Å²) in [5.41, 5.74) is 1.68. The fourth-order valence-corrected chi connectivity index (χ4v) is 2.90. The van der Waals surface area contributed by atoms with Crippen LogP contribution in [0.15, 0.2) is 48.5 Å². The molecule has 2 aromatic rings. The van der Waals surface area contributed by atoms with E-state index in [4.69, 9.17) is 9.47 Å². The topological polar surface area (TPSA) is 76.7 Å². The highest BCUT2D eigenvalue weighted by Gasteiger charge is 2.13. The molecule has 2 aromatic carbocycles. The van der Waals surface area contributed by atoms with Gasteiger partial charge in [-0.15, -0.1) is 11.8 Å². The zero-order valence-electron chi connectivity index (χ0n) is 13.5. The highest BCUT2D eigenvalue weighted by molar-refractivity contribution is 8.00. The second-order valence-corrected chi connectivity index (χ2v) is 6.36. The minimum atomic E-state index is -0.125. The van der Waals surface area contributed by atoms with Crippen molar-refractivity contribution in [3.8, 4) is 11.5 Å². The summed E-state index contributed by atoms with van der Waals surface area (Å²) in [6, 6.07) is 14.8. The van der Waals surface area contributed by atoms with Crippen LogP contribution in [0, 0.1) is 0 Å². The molecule has 6 nitrogen and oxygen atoms in total. The molecule has 1 aliphatic rings. The average molecular weight is 358 g/mol. The molecule has 1 aliphatic heterocycles. The molecule has 130 valence electrons. The molecule has 2 N–H and O–H groups in total. The van der Waals surface area contributed by atoms with Gasteiger partial charge < -0.3 is 20.1 Å². The molecular weight excluding hydrogens is 340 g/mol. The Morgan fingerprint density at radius 3 is 2.56 bits per heavy atom. The largest absolute Gasteiger partial charge is 0.454 e. The van der Waals surface area contributed by atoms with E-state index in [1.165, 1.54) is 11.8 Å². The molecular formula is C18H18N2O4S. The first-order valence-electron chi connectivity index (χ1n) is 7.78. The summed E-state index contributed by atoms with van der Waals surface area (Å²) in [5, 5.41) is 5.61. The van der Waals surface area contributed by atoms with Crippen molar-refractivity contribution >= 4 is 29.3 Å². The lowest BCUT2D eigenvalue weighted by Gasteiger charge is -2.07. The monoisotopic (exact) mass is 358 g/mol. The predicted molar refractivity (Wildman–Crippen MR) is 96.8 cm³/mol. The van der Waals surface area contributed by atoms with Gasteiger partial charge in [-0.25, -0.2) is 0 Å². The summed E-state index contributed by atoms with van der Waals surface area (Å²) in [6.45, 7) is 0.638. The van der Waals surface area contributed by atoms with Gasteiger partial charge in [0, 0.05) is 12.2 Å². The number of carbonyl (C=O) groups excluding carboxylic acids is 2. The molecule has 0 atom stereocenters. The van der Waals surface area contributed by atoms with E-state index in [0.717, 1.165) is 17.0 Å². The third-order valence-electron chi connectivity index (χ3n) is 3.45. The Hall–Kier alpha value is -2.67. The van der Waals surface area contributed by atoms with E-state index in [1.807, 2.05) is 48.5 Å². The first-order valence-corrected chi connectivity index (χ1v) is 8.94. The molecule has 0 bridgehead atoms. The van der Waals surface area contributed by atoms with Crippen LogP contribution in [0.5, 0.6) is 11.5 Å². The van der Waals surface area contributed by atoms with Crippen molar-refractivity contribution in [2.75, 3.05) is 23.6 Å². The van der Waals surface area contributed by atoms with Crippen LogP contribution in [0.4, 0.5) is 5.69 Å². The minimum Gasteiger partial charge on any atom is -0.454 e. The number of anilines is 1. The number of benzene rings is 2. The number of hydrogen-bond acceptors (Lipinski definition) is 5. The van der Waals surface area contributed by atoms with Crippen molar-refractivity contribution in [2.24, 2.45) is 0 Å². The van der Waals surface area contributed by atoms with Crippen molar-refractivity contribution < 1.29 is 19.1 Å². The molecule has 7 heteroatoms.